The molecule has 2 saturated heterocycles. The van der Waals surface area contributed by atoms with Crippen LogP contribution >= 0.6 is 12.4 Å². The van der Waals surface area contributed by atoms with Crippen LogP contribution in [-0.4, -0.2) is 64.5 Å². The van der Waals surface area contributed by atoms with Crippen molar-refractivity contribution >= 4 is 18.3 Å². The SMILES string of the molecule is Cl.Cn1ccnc1C1CNCCN1CC(=O)N1CCCCC1. The van der Waals surface area contributed by atoms with Gasteiger partial charge in [0.1, 0.15) is 5.82 Å². The van der Waals surface area contributed by atoms with Gasteiger partial charge in [0.15, 0.2) is 0 Å². The van der Waals surface area contributed by atoms with Crippen LogP contribution in [0.15, 0.2) is 12.4 Å². The third kappa shape index (κ3) is 3.80. The number of aryl methyl sites for hydroxylation is 1. The maximum Gasteiger partial charge on any atom is 0.236 e. The Morgan fingerprint density at radius 3 is 2.77 bits per heavy atom. The van der Waals surface area contributed by atoms with Gasteiger partial charge in [-0.1, -0.05) is 0 Å². The number of carbonyl (C=O) groups excluding carboxylic acids is 1. The summed E-state index contributed by atoms with van der Waals surface area (Å²) in [6, 6.07) is 0.187. The molecule has 0 aliphatic carbocycles. The van der Waals surface area contributed by atoms with Crippen molar-refractivity contribution in [3.05, 3.63) is 18.2 Å². The summed E-state index contributed by atoms with van der Waals surface area (Å²) in [6.45, 7) is 5.07. The molecule has 0 saturated carbocycles. The van der Waals surface area contributed by atoms with Gasteiger partial charge in [-0.2, -0.15) is 0 Å². The van der Waals surface area contributed by atoms with E-state index >= 15 is 0 Å². The zero-order valence-corrected chi connectivity index (χ0v) is 14.0. The lowest BCUT2D eigenvalue weighted by molar-refractivity contribution is -0.134. The Morgan fingerprint density at radius 1 is 1.32 bits per heavy atom. The largest absolute Gasteiger partial charge is 0.342 e. The molecule has 0 spiro atoms. The second kappa shape index (κ2) is 7.94. The molecule has 1 amide bonds. The molecule has 0 radical (unpaired) electrons. The van der Waals surface area contributed by atoms with Gasteiger partial charge in [-0.3, -0.25) is 9.69 Å². The monoisotopic (exact) mass is 327 g/mol. The van der Waals surface area contributed by atoms with E-state index in [4.69, 9.17) is 0 Å². The first-order chi connectivity index (χ1) is 10.3. The normalized spacial score (nSPS) is 23.1. The van der Waals surface area contributed by atoms with E-state index in [1.165, 1.54) is 6.42 Å². The van der Waals surface area contributed by atoms with E-state index in [0.29, 0.717) is 6.54 Å². The number of halogens is 1. The zero-order chi connectivity index (χ0) is 14.7. The Morgan fingerprint density at radius 2 is 2.09 bits per heavy atom. The minimum atomic E-state index is 0. The summed E-state index contributed by atoms with van der Waals surface area (Å²) in [4.78, 5) is 21.3. The number of rotatable bonds is 3. The average molecular weight is 328 g/mol. The van der Waals surface area contributed by atoms with Crippen molar-refractivity contribution in [3.63, 3.8) is 0 Å². The van der Waals surface area contributed by atoms with Crippen molar-refractivity contribution in [2.45, 2.75) is 25.3 Å². The molecule has 7 heteroatoms. The Kier molecular flexibility index (Phi) is 6.23. The van der Waals surface area contributed by atoms with E-state index in [0.717, 1.165) is 51.4 Å². The Bertz CT molecular complexity index is 486. The number of nitrogens with zero attached hydrogens (tertiary/aromatic N) is 4. The van der Waals surface area contributed by atoms with Gasteiger partial charge in [-0.05, 0) is 19.3 Å². The second-order valence-corrected chi connectivity index (χ2v) is 6.03. The molecule has 3 rings (SSSR count). The molecule has 1 atom stereocenters. The standard InChI is InChI=1S/C15H25N5O.ClH/c1-18-9-6-17-15(18)13-11-16-5-10-20(13)12-14(21)19-7-3-2-4-8-19;/h6,9,13,16H,2-5,7-8,10-12H2,1H3;1H. The van der Waals surface area contributed by atoms with E-state index in [-0.39, 0.29) is 24.4 Å². The summed E-state index contributed by atoms with van der Waals surface area (Å²) in [5, 5.41) is 3.41. The minimum absolute atomic E-state index is 0. The molecule has 22 heavy (non-hydrogen) atoms. The van der Waals surface area contributed by atoms with Crippen molar-refractivity contribution in [2.75, 3.05) is 39.3 Å². The number of amides is 1. The van der Waals surface area contributed by atoms with Crippen LogP contribution in [0.2, 0.25) is 0 Å². The van der Waals surface area contributed by atoms with Gasteiger partial charge in [0.05, 0.1) is 12.6 Å². The predicted octanol–water partition coefficient (Wildman–Crippen LogP) is 0.801. The molecule has 2 aliphatic rings. The summed E-state index contributed by atoms with van der Waals surface area (Å²) in [5.74, 6) is 1.31. The third-order valence-corrected chi connectivity index (χ3v) is 4.56. The van der Waals surface area contributed by atoms with Crippen molar-refractivity contribution in [1.82, 2.24) is 24.7 Å². The van der Waals surface area contributed by atoms with Crippen molar-refractivity contribution in [2.24, 2.45) is 7.05 Å². The van der Waals surface area contributed by atoms with E-state index in [2.05, 4.69) is 19.8 Å². The molecule has 2 aliphatic heterocycles. The lowest BCUT2D eigenvalue weighted by atomic mass is 10.1. The third-order valence-electron chi connectivity index (χ3n) is 4.56. The number of nitrogens with one attached hydrogen (secondary N) is 1. The summed E-state index contributed by atoms with van der Waals surface area (Å²) in [5.41, 5.74) is 0. The highest BCUT2D eigenvalue weighted by atomic mass is 35.5. The topological polar surface area (TPSA) is 53.4 Å². The number of imidazole rings is 1. The van der Waals surface area contributed by atoms with Gasteiger partial charge in [-0.25, -0.2) is 4.98 Å². The molecule has 1 N–H and O–H groups in total. The number of carbonyl (C=O) groups is 1. The molecule has 3 heterocycles. The van der Waals surface area contributed by atoms with Gasteiger partial charge in [0.2, 0.25) is 5.91 Å². The first-order valence-electron chi connectivity index (χ1n) is 7.95. The maximum absolute atomic E-state index is 12.5. The number of piperazine rings is 1. The van der Waals surface area contributed by atoms with Crippen LogP contribution in [0.1, 0.15) is 31.1 Å². The first-order valence-corrected chi connectivity index (χ1v) is 7.95. The second-order valence-electron chi connectivity index (χ2n) is 6.03. The fourth-order valence-electron chi connectivity index (χ4n) is 3.31. The molecule has 6 nitrogen and oxygen atoms in total. The Balaban J connectivity index is 0.00000176. The maximum atomic E-state index is 12.5. The molecule has 0 bridgehead atoms. The van der Waals surface area contributed by atoms with Crippen LogP contribution in [0.4, 0.5) is 0 Å². The van der Waals surface area contributed by atoms with E-state index < -0.39 is 0 Å². The highest BCUT2D eigenvalue weighted by Gasteiger charge is 2.29. The number of hydrogen-bond acceptors (Lipinski definition) is 4. The van der Waals surface area contributed by atoms with Crippen LogP contribution in [0.3, 0.4) is 0 Å². The van der Waals surface area contributed by atoms with Crippen LogP contribution in [0.5, 0.6) is 0 Å². The summed E-state index contributed by atoms with van der Waals surface area (Å²) in [7, 11) is 2.02. The summed E-state index contributed by atoms with van der Waals surface area (Å²) in [6.07, 6.45) is 7.35. The van der Waals surface area contributed by atoms with Crippen LogP contribution in [0, 0.1) is 0 Å². The molecular weight excluding hydrogens is 302 g/mol. The van der Waals surface area contributed by atoms with Gasteiger partial charge < -0.3 is 14.8 Å². The van der Waals surface area contributed by atoms with E-state index in [1.54, 1.807) is 0 Å². The number of aromatic nitrogens is 2. The molecule has 1 aromatic heterocycles. The average Bonchev–Trinajstić information content (AvgIpc) is 2.95. The lowest BCUT2D eigenvalue weighted by Crippen LogP contribution is -2.51. The Labute approximate surface area is 138 Å². The summed E-state index contributed by atoms with van der Waals surface area (Å²) >= 11 is 0. The van der Waals surface area contributed by atoms with Gasteiger partial charge in [0.25, 0.3) is 0 Å². The van der Waals surface area contributed by atoms with Crippen molar-refractivity contribution in [3.8, 4) is 0 Å². The zero-order valence-electron chi connectivity index (χ0n) is 13.2. The summed E-state index contributed by atoms with van der Waals surface area (Å²) < 4.78 is 2.05. The predicted molar refractivity (Wildman–Crippen MR) is 88.1 cm³/mol. The fraction of sp³-hybridized carbons (Fsp3) is 0.733. The van der Waals surface area contributed by atoms with Crippen molar-refractivity contribution < 1.29 is 4.79 Å². The van der Waals surface area contributed by atoms with Crippen molar-refractivity contribution in [1.29, 1.82) is 0 Å². The highest BCUT2D eigenvalue weighted by molar-refractivity contribution is 5.85. The number of likely N-dealkylation sites (tertiary alicyclic amines) is 1. The van der Waals surface area contributed by atoms with Crippen LogP contribution < -0.4 is 5.32 Å². The van der Waals surface area contributed by atoms with Crippen LogP contribution in [0.25, 0.3) is 0 Å². The molecular formula is C15H26ClN5O. The van der Waals surface area contributed by atoms with Gasteiger partial charge >= 0.3 is 0 Å². The molecule has 124 valence electrons. The van der Waals surface area contributed by atoms with E-state index in [1.807, 2.05) is 24.3 Å². The lowest BCUT2D eigenvalue weighted by Gasteiger charge is -2.37. The van der Waals surface area contributed by atoms with E-state index in [9.17, 15) is 4.79 Å². The number of hydrogen-bond donors (Lipinski definition) is 1. The molecule has 1 aromatic rings. The van der Waals surface area contributed by atoms with Gasteiger partial charge in [0, 0.05) is 52.2 Å². The quantitative estimate of drug-likeness (QED) is 0.892. The molecule has 2 fully saturated rings. The molecule has 1 unspecified atom stereocenters. The minimum Gasteiger partial charge on any atom is -0.342 e. The fourth-order valence-corrected chi connectivity index (χ4v) is 3.31. The Hall–Kier alpha value is -1.11. The van der Waals surface area contributed by atoms with Crippen LogP contribution in [-0.2, 0) is 11.8 Å². The first kappa shape index (κ1) is 17.2. The number of piperidine rings is 1. The molecule has 0 aromatic carbocycles. The highest BCUT2D eigenvalue weighted by Crippen LogP contribution is 2.20. The van der Waals surface area contributed by atoms with Gasteiger partial charge in [-0.15, -0.1) is 12.4 Å². The smallest absolute Gasteiger partial charge is 0.236 e.